The molecule has 1 aromatic carbocycles. The van der Waals surface area contributed by atoms with Crippen molar-refractivity contribution in [2.45, 2.75) is 57.8 Å². The first kappa shape index (κ1) is 23.2. The number of amides is 3. The summed E-state index contributed by atoms with van der Waals surface area (Å²) in [7, 11) is 1.80. The third-order valence-corrected chi connectivity index (χ3v) is 7.05. The number of aromatic nitrogens is 2. The van der Waals surface area contributed by atoms with Crippen molar-refractivity contribution in [1.29, 1.82) is 0 Å². The summed E-state index contributed by atoms with van der Waals surface area (Å²) in [6.07, 6.45) is 7.77. The highest BCUT2D eigenvalue weighted by Gasteiger charge is 2.47. The van der Waals surface area contributed by atoms with Crippen LogP contribution in [0.15, 0.2) is 36.4 Å². The first-order valence-corrected chi connectivity index (χ1v) is 12.2. The largest absolute Gasteiger partial charge is 0.346 e. The number of nitrogens with zero attached hydrogens (tertiary/aromatic N) is 3. The van der Waals surface area contributed by atoms with Gasteiger partial charge in [-0.2, -0.15) is 5.10 Å². The van der Waals surface area contributed by atoms with E-state index in [1.165, 1.54) is 4.90 Å². The number of rotatable bonds is 10. The van der Waals surface area contributed by atoms with Crippen molar-refractivity contribution in [3.8, 4) is 11.3 Å². The normalized spacial score (nSPS) is 20.2. The lowest BCUT2D eigenvalue weighted by molar-refractivity contribution is -0.140. The van der Waals surface area contributed by atoms with Crippen LogP contribution >= 0.6 is 0 Å². The van der Waals surface area contributed by atoms with Crippen molar-refractivity contribution >= 4 is 17.7 Å². The molecule has 176 valence electrons. The third-order valence-electron chi connectivity index (χ3n) is 7.05. The number of hydrogen-bond donors (Lipinski definition) is 1. The number of aryl methyl sites for hydroxylation is 1. The number of carbonyl (C=O) groups excluding carboxylic acids is 3. The van der Waals surface area contributed by atoms with Gasteiger partial charge in [0, 0.05) is 37.8 Å². The van der Waals surface area contributed by atoms with Crippen LogP contribution in [0.2, 0.25) is 0 Å². The summed E-state index contributed by atoms with van der Waals surface area (Å²) < 4.78 is 0. The molecule has 2 fully saturated rings. The summed E-state index contributed by atoms with van der Waals surface area (Å²) in [5.41, 5.74) is 3.19. The molecule has 1 saturated heterocycles. The summed E-state index contributed by atoms with van der Waals surface area (Å²) in [5, 5.41) is 7.51. The van der Waals surface area contributed by atoms with Crippen molar-refractivity contribution in [2.24, 2.45) is 11.8 Å². The summed E-state index contributed by atoms with van der Waals surface area (Å²) in [6, 6.07) is 12.2. The predicted molar refractivity (Wildman–Crippen MR) is 126 cm³/mol. The highest BCUT2D eigenvalue weighted by atomic mass is 16.2. The van der Waals surface area contributed by atoms with Gasteiger partial charge in [-0.15, -0.1) is 0 Å². The van der Waals surface area contributed by atoms with Gasteiger partial charge in [0.15, 0.2) is 0 Å². The zero-order valence-electron chi connectivity index (χ0n) is 19.5. The number of unbranched alkanes of at least 4 members (excludes halogenated alkanes) is 2. The van der Waals surface area contributed by atoms with Crippen LogP contribution in [0, 0.1) is 11.8 Å². The second-order valence-corrected chi connectivity index (χ2v) is 9.35. The molecule has 7 heteroatoms. The Morgan fingerprint density at radius 1 is 1.06 bits per heavy atom. The van der Waals surface area contributed by atoms with Gasteiger partial charge in [0.1, 0.15) is 0 Å². The Kier molecular flexibility index (Phi) is 7.57. The summed E-state index contributed by atoms with van der Waals surface area (Å²) in [4.78, 5) is 40.7. The van der Waals surface area contributed by atoms with Crippen LogP contribution in [0.4, 0.5) is 0 Å². The van der Waals surface area contributed by atoms with E-state index in [1.54, 1.807) is 11.9 Å². The number of hydrogen-bond acceptors (Lipinski definition) is 4. The molecule has 33 heavy (non-hydrogen) atoms. The standard InChI is InChI=1S/C26H34N4O3/c1-29(24(31)15-17-30-25(32)21-13-7-8-14-22(21)26(30)33)16-9-3-6-12-20-18-23(28-27-20)19-10-4-2-5-11-19/h2,4-5,10-11,18,21-22H,3,6-9,12-17H2,1H3,(H,27,28). The molecule has 1 aromatic heterocycles. The number of likely N-dealkylation sites (tertiary alicyclic amines) is 1. The van der Waals surface area contributed by atoms with E-state index in [0.29, 0.717) is 6.54 Å². The fourth-order valence-corrected chi connectivity index (χ4v) is 5.06. The van der Waals surface area contributed by atoms with Crippen LogP contribution in [0.25, 0.3) is 11.3 Å². The molecule has 7 nitrogen and oxygen atoms in total. The van der Waals surface area contributed by atoms with Gasteiger partial charge in [-0.25, -0.2) is 0 Å². The average molecular weight is 451 g/mol. The van der Waals surface area contributed by atoms with E-state index in [4.69, 9.17) is 0 Å². The smallest absolute Gasteiger partial charge is 0.233 e. The highest BCUT2D eigenvalue weighted by molar-refractivity contribution is 6.05. The number of imide groups is 1. The second kappa shape index (κ2) is 10.8. The minimum Gasteiger partial charge on any atom is -0.346 e. The quantitative estimate of drug-likeness (QED) is 0.440. The molecule has 2 aliphatic rings. The van der Waals surface area contributed by atoms with Gasteiger partial charge in [-0.1, -0.05) is 49.6 Å². The summed E-state index contributed by atoms with van der Waals surface area (Å²) in [6.45, 7) is 0.904. The number of carbonyl (C=O) groups is 3. The Morgan fingerprint density at radius 2 is 1.76 bits per heavy atom. The molecule has 1 aliphatic carbocycles. The molecule has 2 unspecified atom stereocenters. The van der Waals surface area contributed by atoms with Crippen molar-refractivity contribution < 1.29 is 14.4 Å². The zero-order valence-corrected chi connectivity index (χ0v) is 19.5. The molecular formula is C26H34N4O3. The fourth-order valence-electron chi connectivity index (χ4n) is 5.06. The Morgan fingerprint density at radius 3 is 2.45 bits per heavy atom. The third kappa shape index (κ3) is 5.52. The molecule has 0 spiro atoms. The monoisotopic (exact) mass is 450 g/mol. The van der Waals surface area contributed by atoms with E-state index in [9.17, 15) is 14.4 Å². The lowest BCUT2D eigenvalue weighted by atomic mass is 9.81. The van der Waals surface area contributed by atoms with Crippen LogP contribution in [0.1, 0.15) is 57.1 Å². The van der Waals surface area contributed by atoms with Crippen LogP contribution in [0.3, 0.4) is 0 Å². The van der Waals surface area contributed by atoms with E-state index in [2.05, 4.69) is 28.4 Å². The van der Waals surface area contributed by atoms with Gasteiger partial charge in [0.2, 0.25) is 17.7 Å². The van der Waals surface area contributed by atoms with Gasteiger partial charge in [0.25, 0.3) is 0 Å². The maximum Gasteiger partial charge on any atom is 0.233 e. The molecule has 2 aromatic rings. The number of fused-ring (bicyclic) bond motifs is 1. The van der Waals surface area contributed by atoms with Crippen molar-refractivity contribution in [2.75, 3.05) is 20.1 Å². The Bertz CT molecular complexity index is 947. The Labute approximate surface area is 195 Å². The van der Waals surface area contributed by atoms with E-state index >= 15 is 0 Å². The number of H-pyrrole nitrogens is 1. The molecule has 0 bridgehead atoms. The Balaban J connectivity index is 1.13. The first-order chi connectivity index (χ1) is 16.0. The number of aromatic amines is 1. The fraction of sp³-hybridized carbons (Fsp3) is 0.538. The van der Waals surface area contributed by atoms with Crippen molar-refractivity contribution in [3.05, 3.63) is 42.1 Å². The maximum absolute atomic E-state index is 12.5. The molecule has 1 saturated carbocycles. The zero-order chi connectivity index (χ0) is 23.2. The molecule has 2 atom stereocenters. The van der Waals surface area contributed by atoms with E-state index in [1.807, 2.05) is 18.2 Å². The van der Waals surface area contributed by atoms with Gasteiger partial charge in [-0.05, 0) is 38.2 Å². The minimum atomic E-state index is -0.141. The van der Waals surface area contributed by atoms with Crippen LogP contribution in [-0.2, 0) is 20.8 Å². The summed E-state index contributed by atoms with van der Waals surface area (Å²) in [5.74, 6) is -0.411. The lowest BCUT2D eigenvalue weighted by Gasteiger charge is -2.19. The van der Waals surface area contributed by atoms with Gasteiger partial charge in [0.05, 0.1) is 17.5 Å². The highest BCUT2D eigenvalue weighted by Crippen LogP contribution is 2.38. The predicted octanol–water partition coefficient (Wildman–Crippen LogP) is 3.81. The molecular weight excluding hydrogens is 416 g/mol. The number of benzene rings is 1. The topological polar surface area (TPSA) is 86.4 Å². The van der Waals surface area contributed by atoms with Crippen molar-refractivity contribution in [1.82, 2.24) is 20.0 Å². The first-order valence-electron chi connectivity index (χ1n) is 12.2. The summed E-state index contributed by atoms with van der Waals surface area (Å²) >= 11 is 0. The van der Waals surface area contributed by atoms with E-state index in [0.717, 1.165) is 68.3 Å². The molecule has 1 aliphatic heterocycles. The second-order valence-electron chi connectivity index (χ2n) is 9.35. The molecule has 4 rings (SSSR count). The van der Waals surface area contributed by atoms with Crippen molar-refractivity contribution in [3.63, 3.8) is 0 Å². The van der Waals surface area contributed by atoms with Crippen LogP contribution in [-0.4, -0.2) is 57.9 Å². The van der Waals surface area contributed by atoms with E-state index < -0.39 is 0 Å². The van der Waals surface area contributed by atoms with Crippen LogP contribution in [0.5, 0.6) is 0 Å². The minimum absolute atomic E-state index is 0.00783. The molecule has 0 radical (unpaired) electrons. The lowest BCUT2D eigenvalue weighted by Crippen LogP contribution is -2.36. The molecule has 3 amide bonds. The van der Waals surface area contributed by atoms with Gasteiger partial charge >= 0.3 is 0 Å². The van der Waals surface area contributed by atoms with E-state index in [-0.39, 0.29) is 42.5 Å². The van der Waals surface area contributed by atoms with Crippen LogP contribution < -0.4 is 0 Å². The maximum atomic E-state index is 12.5. The number of nitrogens with one attached hydrogen (secondary N) is 1. The molecule has 1 N–H and O–H groups in total. The molecule has 2 heterocycles. The SMILES string of the molecule is CN(CCCCCc1cc(-c2ccccc2)n[nH]1)C(=O)CCN1C(=O)C2CCCCC2C1=O. The average Bonchev–Trinajstić information content (AvgIpc) is 3.41. The van der Waals surface area contributed by atoms with Gasteiger partial charge < -0.3 is 4.90 Å². The van der Waals surface area contributed by atoms with Gasteiger partial charge in [-0.3, -0.25) is 24.4 Å². The Hall–Kier alpha value is -2.96.